The first-order chi connectivity index (χ1) is 32.3. The first-order valence-electron chi connectivity index (χ1n) is 23.4. The number of unbranched alkanes of at least 4 members (excludes halogenated alkanes) is 1. The molecule has 4 aliphatic rings. The van der Waals surface area contributed by atoms with Gasteiger partial charge in [-0.15, -0.1) is 0 Å². The van der Waals surface area contributed by atoms with Gasteiger partial charge in [0, 0.05) is 13.1 Å². The second-order valence-corrected chi connectivity index (χ2v) is 20.1. The van der Waals surface area contributed by atoms with Crippen LogP contribution in [0.25, 0.3) is 0 Å². The minimum absolute atomic E-state index is 0.0201. The maximum absolute atomic E-state index is 13.3. The Morgan fingerprint density at radius 1 is 0.809 bits per heavy atom. The summed E-state index contributed by atoms with van der Waals surface area (Å²) in [4.78, 5) is 81.7. The van der Waals surface area contributed by atoms with Gasteiger partial charge in [0.05, 0.1) is 23.6 Å². The van der Waals surface area contributed by atoms with Gasteiger partial charge >= 0.3 is 12.1 Å². The summed E-state index contributed by atoms with van der Waals surface area (Å²) < 4.78 is 39.6. The Kier molecular flexibility index (Phi) is 19.5. The smallest absolute Gasteiger partial charge is 0.407 e. The number of alkyl carbamates (subject to hydrolysis) is 1. The van der Waals surface area contributed by atoms with Crippen molar-refractivity contribution in [2.24, 2.45) is 40.1 Å². The summed E-state index contributed by atoms with van der Waals surface area (Å²) in [6, 6.07) is 8.57. The number of sulfonamides is 1. The van der Waals surface area contributed by atoms with Crippen molar-refractivity contribution >= 4 is 51.7 Å². The third-order valence-corrected chi connectivity index (χ3v) is 14.4. The number of benzene rings is 2. The maximum Gasteiger partial charge on any atom is 0.407 e. The number of aryl methyl sites for hydroxylation is 3. The summed E-state index contributed by atoms with van der Waals surface area (Å²) in [7, 11) is -4.07. The number of aliphatic hydroxyl groups excluding tert-OH is 1. The van der Waals surface area contributed by atoms with Crippen LogP contribution in [0.2, 0.25) is 0 Å². The zero-order valence-electron chi connectivity index (χ0n) is 39.4. The Bertz CT molecular complexity index is 2190. The fraction of sp³-hybridized carbons (Fsp3) is 0.596. The number of nitrogens with two attached hydrogens (primary N) is 2. The molecule has 0 heterocycles. The van der Waals surface area contributed by atoms with Gasteiger partial charge in [0.15, 0.2) is 0 Å². The molecule has 0 aliphatic heterocycles. The third-order valence-electron chi connectivity index (χ3n) is 12.8. The highest BCUT2D eigenvalue weighted by Crippen LogP contribution is 2.54. The number of hydrogen-bond donors (Lipinski definition) is 9. The molecule has 0 spiro atoms. The lowest BCUT2D eigenvalue weighted by atomic mass is 9.55. The second kappa shape index (κ2) is 25.0. The molecule has 0 aromatic heterocycles. The largest absolute Gasteiger partial charge is 0.460 e. The molecule has 4 saturated carbocycles. The van der Waals surface area contributed by atoms with Gasteiger partial charge in [-0.25, -0.2) is 17.9 Å². The van der Waals surface area contributed by atoms with Gasteiger partial charge in [-0.3, -0.25) is 29.0 Å². The van der Waals surface area contributed by atoms with Gasteiger partial charge in [0.2, 0.25) is 29.6 Å². The Morgan fingerprint density at radius 2 is 1.44 bits per heavy atom. The molecule has 21 heteroatoms. The number of nitrogens with one attached hydrogen (secondary N) is 6. The number of aliphatic hydroxyl groups is 1. The van der Waals surface area contributed by atoms with E-state index in [0.717, 1.165) is 48.6 Å². The Balaban J connectivity index is 1.06. The Labute approximate surface area is 398 Å². The van der Waals surface area contributed by atoms with E-state index < -0.39 is 89.0 Å². The summed E-state index contributed by atoms with van der Waals surface area (Å²) in [5, 5.41) is 22.9. The van der Waals surface area contributed by atoms with E-state index in [9.17, 15) is 42.3 Å². The monoisotopic (exact) mass is 967 g/mol. The van der Waals surface area contributed by atoms with Crippen molar-refractivity contribution in [2.45, 2.75) is 134 Å². The molecule has 4 atom stereocenters. The van der Waals surface area contributed by atoms with Crippen LogP contribution in [0, 0.1) is 44.4 Å². The van der Waals surface area contributed by atoms with Gasteiger partial charge in [-0.05, 0) is 132 Å². The van der Waals surface area contributed by atoms with Crippen molar-refractivity contribution < 1.29 is 51.8 Å². The van der Waals surface area contributed by atoms with Crippen LogP contribution >= 0.6 is 0 Å². The minimum atomic E-state index is -4.07. The van der Waals surface area contributed by atoms with E-state index in [2.05, 4.69) is 36.3 Å². The Hall–Kier alpha value is -5.80. The number of esters is 1. The zero-order chi connectivity index (χ0) is 49.5. The highest BCUT2D eigenvalue weighted by Gasteiger charge is 2.50. The zero-order valence-corrected chi connectivity index (χ0v) is 40.2. The van der Waals surface area contributed by atoms with Crippen molar-refractivity contribution in [3.63, 3.8) is 0 Å². The number of nitrogens with zero attached hydrogens (tertiary/aromatic N) is 1. The molecule has 0 radical (unpaired) electrons. The van der Waals surface area contributed by atoms with Crippen molar-refractivity contribution in [1.29, 1.82) is 0 Å². The van der Waals surface area contributed by atoms with Crippen LogP contribution in [0.5, 0.6) is 0 Å². The number of hydrogen-bond acceptors (Lipinski definition) is 13. The van der Waals surface area contributed by atoms with Gasteiger partial charge < -0.3 is 52.6 Å². The fourth-order valence-electron chi connectivity index (χ4n) is 9.88. The molecule has 4 aliphatic carbocycles. The van der Waals surface area contributed by atoms with E-state index in [1.54, 1.807) is 50.2 Å². The molecular weight excluding hydrogens is 899 g/mol. The summed E-state index contributed by atoms with van der Waals surface area (Å²) in [6.45, 7) is 5.52. The predicted molar refractivity (Wildman–Crippen MR) is 252 cm³/mol. The highest BCUT2D eigenvalue weighted by molar-refractivity contribution is 7.90. The summed E-state index contributed by atoms with van der Waals surface area (Å²) in [5.74, 6) is -1.88. The van der Waals surface area contributed by atoms with Crippen molar-refractivity contribution in [3.05, 3.63) is 64.7 Å². The molecule has 6 rings (SSSR count). The SMILES string of the molecule is Cc1cc(C)c(S(=O)(=O)NC(N)=NCCC[C@H](NC(=O)CNC(=O)[C@@H](NC(=O)[C@@H](N)CCCCNC(=O)OC2C3CC4CC(C3)CC2C4)[C@@H](C)O)C(=O)NCC(=O)OCc2ccccc2)c(C)c1. The van der Waals surface area contributed by atoms with Gasteiger partial charge in [0.1, 0.15) is 31.3 Å². The summed E-state index contributed by atoms with van der Waals surface area (Å²) in [5.41, 5.74) is 14.7. The van der Waals surface area contributed by atoms with Crippen LogP contribution in [-0.2, 0) is 50.1 Å². The first kappa shape index (κ1) is 53.2. The maximum atomic E-state index is 13.3. The molecule has 4 fully saturated rings. The number of amides is 5. The van der Waals surface area contributed by atoms with E-state index in [4.69, 9.17) is 20.9 Å². The second-order valence-electron chi connectivity index (χ2n) is 18.5. The fourth-order valence-corrected chi connectivity index (χ4v) is 11.3. The highest BCUT2D eigenvalue weighted by atomic mass is 32.2. The standard InChI is InChI=1S/C47H69N9O11S/c1-27-17-28(2)42(29(3)18-27)68(64,65)56-46(49)50-16-10-14-37(44(61)53-25-39(59)66-26-31-11-6-5-7-12-31)54-38(58)24-52-45(62)40(30(4)57)55-43(60)36(48)13-8-9-15-51-47(63)67-41-34-20-32-19-33(22-34)23-35(41)21-32/h5-7,11-12,17-18,30,32-37,40-41,57H,8-10,13-16,19-26,48H2,1-4H3,(H,51,63)(H,52,62)(H,53,61)(H,54,58)(H,55,60)(H3,49,50,56)/t30-,32?,33?,34?,35?,36+,37+,40+,41?/m1/s1. The quantitative estimate of drug-likeness (QED) is 0.0311. The molecule has 11 N–H and O–H groups in total. The first-order valence-corrected chi connectivity index (χ1v) is 24.9. The minimum Gasteiger partial charge on any atom is -0.460 e. The van der Waals surface area contributed by atoms with Gasteiger partial charge in [-0.1, -0.05) is 48.0 Å². The molecule has 0 unspecified atom stereocenters. The van der Waals surface area contributed by atoms with Crippen molar-refractivity contribution in [3.8, 4) is 0 Å². The average molecular weight is 968 g/mol. The van der Waals surface area contributed by atoms with Crippen LogP contribution in [0.15, 0.2) is 52.4 Å². The number of carbonyl (C=O) groups excluding carboxylic acids is 6. The van der Waals surface area contributed by atoms with Crippen LogP contribution in [-0.4, -0.2) is 112 Å². The molecule has 68 heavy (non-hydrogen) atoms. The van der Waals surface area contributed by atoms with Crippen LogP contribution in [0.3, 0.4) is 0 Å². The average Bonchev–Trinajstić information content (AvgIpc) is 3.27. The summed E-state index contributed by atoms with van der Waals surface area (Å²) in [6.07, 6.45) is 5.31. The van der Waals surface area contributed by atoms with Crippen LogP contribution in [0.4, 0.5) is 4.79 Å². The van der Waals surface area contributed by atoms with Crippen molar-refractivity contribution in [1.82, 2.24) is 31.3 Å². The number of carbonyl (C=O) groups is 6. The number of rotatable bonds is 24. The van der Waals surface area contributed by atoms with Gasteiger partial charge in [-0.2, -0.15) is 0 Å². The number of aliphatic imine (C=N–C) groups is 1. The van der Waals surface area contributed by atoms with Crippen molar-refractivity contribution in [2.75, 3.05) is 26.2 Å². The van der Waals surface area contributed by atoms with Crippen LogP contribution < -0.4 is 42.8 Å². The molecule has 5 amide bonds. The normalized spacial score (nSPS) is 21.3. The van der Waals surface area contributed by atoms with E-state index >= 15 is 0 Å². The number of ether oxygens (including phenoxy) is 2. The molecular formula is C47H69N9O11S. The van der Waals surface area contributed by atoms with E-state index in [1.807, 2.05) is 13.0 Å². The van der Waals surface area contributed by atoms with Crippen LogP contribution in [0.1, 0.15) is 93.4 Å². The molecule has 4 bridgehead atoms. The lowest BCUT2D eigenvalue weighted by Gasteiger charge is -2.53. The van der Waals surface area contributed by atoms with E-state index in [-0.39, 0.29) is 43.4 Å². The van der Waals surface area contributed by atoms with Gasteiger partial charge in [0.25, 0.3) is 10.0 Å². The van der Waals surface area contributed by atoms with E-state index in [1.165, 1.54) is 13.3 Å². The lowest BCUT2D eigenvalue weighted by molar-refractivity contribution is -0.145. The molecule has 2 aromatic rings. The number of guanidine groups is 1. The predicted octanol–water partition coefficient (Wildman–Crippen LogP) is 1.36. The molecule has 0 saturated heterocycles. The third kappa shape index (κ3) is 15.9. The molecule has 374 valence electrons. The summed E-state index contributed by atoms with van der Waals surface area (Å²) >= 11 is 0. The molecule has 2 aromatic carbocycles. The Morgan fingerprint density at radius 3 is 2.07 bits per heavy atom. The van der Waals surface area contributed by atoms with E-state index in [0.29, 0.717) is 42.3 Å². The lowest BCUT2D eigenvalue weighted by Crippen LogP contribution is -2.57. The molecule has 20 nitrogen and oxygen atoms in total. The topological polar surface area (TPSA) is 312 Å².